The minimum Gasteiger partial charge on any atom is -0.493 e. The van der Waals surface area contributed by atoms with Gasteiger partial charge in [-0.05, 0) is 63.4 Å². The number of ether oxygens (including phenoxy) is 2. The number of nitrogens with zero attached hydrogens (tertiary/aromatic N) is 3. The molecule has 2 atom stereocenters. The predicted molar refractivity (Wildman–Crippen MR) is 188 cm³/mol. The zero-order valence-corrected chi connectivity index (χ0v) is 29.2. The molecule has 4 amide bonds. The lowest BCUT2D eigenvalue weighted by Gasteiger charge is -2.24. The molecule has 2 aromatic heterocycles. The van der Waals surface area contributed by atoms with Crippen molar-refractivity contribution in [3.8, 4) is 22.8 Å². The smallest absolute Gasteiger partial charge is 0.263 e. The number of benzene rings is 2. The van der Waals surface area contributed by atoms with Crippen LogP contribution in [-0.4, -0.2) is 90.6 Å². The van der Waals surface area contributed by atoms with Crippen LogP contribution in [0.25, 0.3) is 11.3 Å². The molecule has 2 aromatic carbocycles. The standard InChI is InChI=1S/C37H41N5O7S/c1-23-12-15-31(50-23)36(45)41-18-8-7-16-39-35(44)28-21-27(48-30-20-26(13-14-29(30)47-3)34(43)38-17-9-19-41)22-42(28)37(46)32-24(2)49-40-33(32)25-10-5-4-6-11-25/h4-6,10-15,20,27-28H,7-9,16-19,21-22H2,1-3H3,(H,38,43)(H,39,44)/t27-,28-/m0/s1. The number of nitrogens with one attached hydrogen (secondary N) is 2. The number of fused-ring (bicyclic) bond motifs is 4. The first kappa shape index (κ1) is 34.7. The van der Waals surface area contributed by atoms with Gasteiger partial charge < -0.3 is 34.4 Å². The molecule has 2 aliphatic rings. The summed E-state index contributed by atoms with van der Waals surface area (Å²) in [5, 5.41) is 10.2. The first-order valence-corrected chi connectivity index (χ1v) is 17.6. The Kier molecular flexibility index (Phi) is 10.8. The highest BCUT2D eigenvalue weighted by atomic mass is 32.1. The molecule has 0 aliphatic carbocycles. The van der Waals surface area contributed by atoms with E-state index in [2.05, 4.69) is 15.8 Å². The molecule has 50 heavy (non-hydrogen) atoms. The van der Waals surface area contributed by atoms with Crippen LogP contribution in [0, 0.1) is 13.8 Å². The van der Waals surface area contributed by atoms with Crippen LogP contribution in [0.15, 0.2) is 65.2 Å². The van der Waals surface area contributed by atoms with Gasteiger partial charge in [-0.1, -0.05) is 35.5 Å². The van der Waals surface area contributed by atoms with Crippen LogP contribution in [0.5, 0.6) is 11.5 Å². The van der Waals surface area contributed by atoms with Crippen molar-refractivity contribution in [2.24, 2.45) is 0 Å². The highest BCUT2D eigenvalue weighted by Crippen LogP contribution is 2.34. The van der Waals surface area contributed by atoms with E-state index >= 15 is 0 Å². The summed E-state index contributed by atoms with van der Waals surface area (Å²) in [6, 6.07) is 17.1. The topological polar surface area (TPSA) is 143 Å². The molecule has 6 rings (SSSR count). The maximum Gasteiger partial charge on any atom is 0.263 e. The van der Waals surface area contributed by atoms with E-state index in [-0.39, 0.29) is 36.3 Å². The van der Waals surface area contributed by atoms with Crippen molar-refractivity contribution in [3.05, 3.63) is 87.3 Å². The van der Waals surface area contributed by atoms with Crippen molar-refractivity contribution in [2.45, 2.75) is 51.7 Å². The van der Waals surface area contributed by atoms with Crippen LogP contribution < -0.4 is 20.1 Å². The molecule has 4 heterocycles. The Labute approximate surface area is 294 Å². The molecule has 0 unspecified atom stereocenters. The third kappa shape index (κ3) is 7.67. The van der Waals surface area contributed by atoms with Crippen molar-refractivity contribution in [1.29, 1.82) is 0 Å². The molecular weight excluding hydrogens is 659 g/mol. The largest absolute Gasteiger partial charge is 0.493 e. The summed E-state index contributed by atoms with van der Waals surface area (Å²) >= 11 is 1.46. The molecule has 1 saturated heterocycles. The Hall–Kier alpha value is -5.17. The minimum atomic E-state index is -0.842. The van der Waals surface area contributed by atoms with E-state index in [9.17, 15) is 19.2 Å². The third-order valence-corrected chi connectivity index (χ3v) is 9.94. The number of hydrogen-bond acceptors (Lipinski definition) is 9. The van der Waals surface area contributed by atoms with Crippen LogP contribution in [-0.2, 0) is 4.79 Å². The normalized spacial score (nSPS) is 19.0. The number of hydrogen-bond donors (Lipinski definition) is 2. The Balaban J connectivity index is 1.27. The average molecular weight is 700 g/mol. The fourth-order valence-corrected chi connectivity index (χ4v) is 7.19. The number of aryl methyl sites for hydroxylation is 2. The summed E-state index contributed by atoms with van der Waals surface area (Å²) in [6.07, 6.45) is 1.49. The van der Waals surface area contributed by atoms with E-state index in [0.717, 1.165) is 10.4 Å². The molecule has 13 heteroatoms. The highest BCUT2D eigenvalue weighted by molar-refractivity contribution is 7.13. The molecule has 12 nitrogen and oxygen atoms in total. The lowest BCUT2D eigenvalue weighted by Crippen LogP contribution is -2.46. The average Bonchev–Trinajstić information content (AvgIpc) is 3.86. The number of carbonyl (C=O) groups excluding carboxylic acids is 4. The monoisotopic (exact) mass is 699 g/mol. The van der Waals surface area contributed by atoms with Crippen molar-refractivity contribution in [2.75, 3.05) is 39.8 Å². The zero-order valence-electron chi connectivity index (χ0n) is 28.4. The van der Waals surface area contributed by atoms with Crippen molar-refractivity contribution in [1.82, 2.24) is 25.6 Å². The van der Waals surface area contributed by atoms with E-state index in [1.165, 1.54) is 23.3 Å². The summed E-state index contributed by atoms with van der Waals surface area (Å²) in [5.41, 5.74) is 1.77. The molecule has 4 aromatic rings. The first-order chi connectivity index (χ1) is 24.2. The van der Waals surface area contributed by atoms with E-state index in [1.54, 1.807) is 30.0 Å². The molecule has 0 saturated carbocycles. The van der Waals surface area contributed by atoms with Gasteiger partial charge in [-0.15, -0.1) is 11.3 Å². The number of thiophene rings is 1. The van der Waals surface area contributed by atoms with Gasteiger partial charge in [0.1, 0.15) is 29.2 Å². The fourth-order valence-electron chi connectivity index (χ4n) is 6.36. The lowest BCUT2D eigenvalue weighted by atomic mass is 10.0. The Morgan fingerprint density at radius 2 is 1.70 bits per heavy atom. The minimum absolute atomic E-state index is 0.0497. The summed E-state index contributed by atoms with van der Waals surface area (Å²) in [5.74, 6) is 0.0402. The summed E-state index contributed by atoms with van der Waals surface area (Å²) in [7, 11) is 1.51. The Morgan fingerprint density at radius 3 is 2.46 bits per heavy atom. The van der Waals surface area contributed by atoms with Crippen LogP contribution in [0.3, 0.4) is 0 Å². The van der Waals surface area contributed by atoms with Crippen LogP contribution in [0.2, 0.25) is 0 Å². The van der Waals surface area contributed by atoms with Gasteiger partial charge in [0.2, 0.25) is 5.91 Å². The van der Waals surface area contributed by atoms with Gasteiger partial charge in [0.05, 0.1) is 18.5 Å². The fraction of sp³-hybridized carbons (Fsp3) is 0.378. The molecular formula is C37H41N5O7S. The summed E-state index contributed by atoms with van der Waals surface area (Å²) in [6.45, 7) is 5.46. The number of aromatic nitrogens is 1. The Bertz CT molecular complexity index is 1860. The van der Waals surface area contributed by atoms with Crippen LogP contribution in [0.4, 0.5) is 0 Å². The van der Waals surface area contributed by atoms with Gasteiger partial charge in [0.25, 0.3) is 17.7 Å². The van der Waals surface area contributed by atoms with Crippen LogP contribution in [0.1, 0.15) is 66.7 Å². The summed E-state index contributed by atoms with van der Waals surface area (Å²) in [4.78, 5) is 59.7. The maximum absolute atomic E-state index is 14.3. The molecule has 0 radical (unpaired) electrons. The molecule has 2 aliphatic heterocycles. The first-order valence-electron chi connectivity index (χ1n) is 16.8. The van der Waals surface area contributed by atoms with E-state index in [1.807, 2.05) is 49.4 Å². The van der Waals surface area contributed by atoms with Crippen molar-refractivity contribution < 1.29 is 33.2 Å². The highest BCUT2D eigenvalue weighted by Gasteiger charge is 2.43. The SMILES string of the molecule is COc1ccc2cc1O[C@H]1C[C@@H](C(=O)NCCCCN(C(=O)c3ccc(C)s3)CCCNC2=O)N(C(=O)c2c(-c3ccccc3)noc2C)C1. The Morgan fingerprint density at radius 1 is 0.920 bits per heavy atom. The quantitative estimate of drug-likeness (QED) is 0.308. The number of amides is 4. The number of carbonyl (C=O) groups is 4. The van der Waals surface area contributed by atoms with Gasteiger partial charge in [0, 0.05) is 48.6 Å². The molecule has 262 valence electrons. The maximum atomic E-state index is 14.3. The predicted octanol–water partition coefficient (Wildman–Crippen LogP) is 4.86. The number of likely N-dealkylation sites (tertiary alicyclic amines) is 1. The van der Waals surface area contributed by atoms with E-state index in [4.69, 9.17) is 14.0 Å². The molecule has 4 bridgehead atoms. The van der Waals surface area contributed by atoms with Crippen molar-refractivity contribution in [3.63, 3.8) is 0 Å². The lowest BCUT2D eigenvalue weighted by molar-refractivity contribution is -0.124. The second-order valence-electron chi connectivity index (χ2n) is 12.5. The van der Waals surface area contributed by atoms with E-state index < -0.39 is 18.1 Å². The van der Waals surface area contributed by atoms with Gasteiger partial charge in [-0.25, -0.2) is 0 Å². The molecule has 2 N–H and O–H groups in total. The van der Waals surface area contributed by atoms with Gasteiger partial charge >= 0.3 is 0 Å². The van der Waals surface area contributed by atoms with Gasteiger partial charge in [-0.2, -0.15) is 0 Å². The van der Waals surface area contributed by atoms with E-state index in [0.29, 0.717) is 78.8 Å². The number of rotatable bonds is 4. The zero-order chi connectivity index (χ0) is 35.2. The summed E-state index contributed by atoms with van der Waals surface area (Å²) < 4.78 is 17.4. The van der Waals surface area contributed by atoms with Gasteiger partial charge in [-0.3, -0.25) is 19.2 Å². The number of methoxy groups -OCH3 is 1. The second kappa shape index (κ2) is 15.6. The van der Waals surface area contributed by atoms with Crippen molar-refractivity contribution >= 4 is 35.0 Å². The second-order valence-corrected chi connectivity index (χ2v) is 13.7. The van der Waals surface area contributed by atoms with Gasteiger partial charge in [0.15, 0.2) is 11.5 Å². The molecule has 1 fully saturated rings. The third-order valence-electron chi connectivity index (χ3n) is 8.95. The molecule has 0 spiro atoms. The van der Waals surface area contributed by atoms with Crippen LogP contribution >= 0.6 is 11.3 Å².